The van der Waals surface area contributed by atoms with Gasteiger partial charge in [0.2, 0.25) is 0 Å². The van der Waals surface area contributed by atoms with Crippen molar-refractivity contribution in [1.29, 1.82) is 0 Å². The first-order valence-electron chi connectivity index (χ1n) is 6.99. The summed E-state index contributed by atoms with van der Waals surface area (Å²) in [5, 5.41) is 4.13. The lowest BCUT2D eigenvalue weighted by molar-refractivity contribution is 0.340. The fourth-order valence-electron chi connectivity index (χ4n) is 2.76. The lowest BCUT2D eigenvalue weighted by Gasteiger charge is -2.22. The summed E-state index contributed by atoms with van der Waals surface area (Å²) in [5.41, 5.74) is 0.859. The van der Waals surface area contributed by atoms with Gasteiger partial charge in [-0.05, 0) is 50.4 Å². The molecule has 0 spiro atoms. The largest absolute Gasteiger partial charge is 0.316 e. The summed E-state index contributed by atoms with van der Waals surface area (Å²) >= 11 is 0. The van der Waals surface area contributed by atoms with Crippen molar-refractivity contribution in [3.8, 4) is 0 Å². The van der Waals surface area contributed by atoms with Gasteiger partial charge in [-0.1, -0.05) is 12.1 Å². The normalized spacial score (nSPS) is 19.7. The van der Waals surface area contributed by atoms with Crippen LogP contribution in [0.5, 0.6) is 0 Å². The highest BCUT2D eigenvalue weighted by Gasteiger charge is 2.13. The van der Waals surface area contributed by atoms with Gasteiger partial charge in [0.15, 0.2) is 0 Å². The first-order valence-corrected chi connectivity index (χ1v) is 6.99. The third-order valence-electron chi connectivity index (χ3n) is 3.91. The molecule has 0 saturated carbocycles. The molecule has 4 nitrogen and oxygen atoms in total. The van der Waals surface area contributed by atoms with E-state index in [4.69, 9.17) is 0 Å². The molecule has 1 aliphatic rings. The van der Waals surface area contributed by atoms with Gasteiger partial charge in [-0.3, -0.25) is 9.36 Å². The third-order valence-corrected chi connectivity index (χ3v) is 3.91. The molecule has 0 bridgehead atoms. The summed E-state index contributed by atoms with van der Waals surface area (Å²) in [5.74, 6) is 0.687. The Kier molecular flexibility index (Phi) is 3.60. The molecular weight excluding hydrogens is 238 g/mol. The molecule has 1 fully saturated rings. The van der Waals surface area contributed by atoms with E-state index in [1.165, 1.54) is 12.8 Å². The number of nitrogens with zero attached hydrogens (tertiary/aromatic N) is 2. The lowest BCUT2D eigenvalue weighted by Crippen LogP contribution is -2.31. The summed E-state index contributed by atoms with van der Waals surface area (Å²) in [6.45, 7) is 2.98. The highest BCUT2D eigenvalue weighted by atomic mass is 16.1. The molecular formula is C15H19N3O. The van der Waals surface area contributed by atoms with Gasteiger partial charge >= 0.3 is 0 Å². The zero-order chi connectivity index (χ0) is 13.1. The van der Waals surface area contributed by atoms with Crippen molar-refractivity contribution in [3.63, 3.8) is 0 Å². The Labute approximate surface area is 112 Å². The Morgan fingerprint density at radius 1 is 1.37 bits per heavy atom. The molecule has 1 aromatic heterocycles. The molecule has 1 unspecified atom stereocenters. The number of para-hydroxylation sites is 1. The number of nitrogens with one attached hydrogen (secondary N) is 1. The number of aryl methyl sites for hydroxylation is 1. The Hall–Kier alpha value is -1.68. The minimum atomic E-state index is 0.0781. The minimum Gasteiger partial charge on any atom is -0.316 e. The van der Waals surface area contributed by atoms with Crippen LogP contribution in [0.4, 0.5) is 0 Å². The summed E-state index contributed by atoms with van der Waals surface area (Å²) in [6, 6.07) is 7.53. The van der Waals surface area contributed by atoms with E-state index in [1.807, 2.05) is 24.3 Å². The van der Waals surface area contributed by atoms with E-state index in [0.717, 1.165) is 31.6 Å². The number of hydrogen-bond acceptors (Lipinski definition) is 3. The molecule has 0 aliphatic carbocycles. The summed E-state index contributed by atoms with van der Waals surface area (Å²) in [6.07, 6.45) is 5.24. The van der Waals surface area contributed by atoms with Crippen LogP contribution in [0.25, 0.3) is 10.9 Å². The van der Waals surface area contributed by atoms with Crippen molar-refractivity contribution < 1.29 is 0 Å². The van der Waals surface area contributed by atoms with Crippen LogP contribution in [-0.4, -0.2) is 22.6 Å². The van der Waals surface area contributed by atoms with Gasteiger partial charge < -0.3 is 5.32 Å². The van der Waals surface area contributed by atoms with Crippen LogP contribution >= 0.6 is 0 Å². The second-order valence-corrected chi connectivity index (χ2v) is 5.26. The second kappa shape index (κ2) is 5.53. The Morgan fingerprint density at radius 3 is 3.11 bits per heavy atom. The smallest absolute Gasteiger partial charge is 0.261 e. The van der Waals surface area contributed by atoms with Crippen molar-refractivity contribution in [2.45, 2.75) is 25.8 Å². The molecule has 0 amide bonds. The molecule has 2 heterocycles. The topological polar surface area (TPSA) is 46.9 Å². The number of fused-ring (bicyclic) bond motifs is 1. The maximum absolute atomic E-state index is 12.3. The maximum Gasteiger partial charge on any atom is 0.261 e. The number of hydrogen-bond donors (Lipinski definition) is 1. The standard InChI is InChI=1S/C15H19N3O/c19-15-13-5-1-2-6-14(13)17-11-18(15)9-7-12-4-3-8-16-10-12/h1-2,5-6,11-12,16H,3-4,7-10H2. The molecule has 3 rings (SSSR count). The quantitative estimate of drug-likeness (QED) is 0.912. The molecule has 2 aromatic rings. The van der Waals surface area contributed by atoms with Crippen molar-refractivity contribution in [2.75, 3.05) is 13.1 Å². The average molecular weight is 257 g/mol. The van der Waals surface area contributed by atoms with Crippen LogP contribution in [0, 0.1) is 5.92 Å². The lowest BCUT2D eigenvalue weighted by atomic mass is 9.96. The number of aromatic nitrogens is 2. The second-order valence-electron chi connectivity index (χ2n) is 5.26. The molecule has 1 aromatic carbocycles. The average Bonchev–Trinajstić information content (AvgIpc) is 2.48. The highest BCUT2D eigenvalue weighted by molar-refractivity contribution is 5.76. The highest BCUT2D eigenvalue weighted by Crippen LogP contribution is 2.14. The van der Waals surface area contributed by atoms with Gasteiger partial charge in [-0.2, -0.15) is 0 Å². The van der Waals surface area contributed by atoms with Crippen LogP contribution < -0.4 is 10.9 Å². The molecule has 0 radical (unpaired) electrons. The zero-order valence-electron chi connectivity index (χ0n) is 11.0. The molecule has 19 heavy (non-hydrogen) atoms. The first-order chi connectivity index (χ1) is 9.34. The van der Waals surface area contributed by atoms with E-state index >= 15 is 0 Å². The van der Waals surface area contributed by atoms with Crippen LogP contribution in [0.3, 0.4) is 0 Å². The summed E-state index contributed by atoms with van der Waals surface area (Å²) in [7, 11) is 0. The van der Waals surface area contributed by atoms with Gasteiger partial charge in [0.1, 0.15) is 0 Å². The number of piperidine rings is 1. The van der Waals surface area contributed by atoms with Crippen LogP contribution in [0.15, 0.2) is 35.4 Å². The van der Waals surface area contributed by atoms with Crippen LogP contribution in [-0.2, 0) is 6.54 Å². The van der Waals surface area contributed by atoms with Crippen molar-refractivity contribution in [3.05, 3.63) is 40.9 Å². The minimum absolute atomic E-state index is 0.0781. The van der Waals surface area contributed by atoms with Gasteiger partial charge in [0, 0.05) is 6.54 Å². The SMILES string of the molecule is O=c1c2ccccc2ncn1CCC1CCCNC1. The Balaban J connectivity index is 1.77. The van der Waals surface area contributed by atoms with Gasteiger partial charge in [-0.15, -0.1) is 0 Å². The molecule has 1 saturated heterocycles. The monoisotopic (exact) mass is 257 g/mol. The molecule has 4 heteroatoms. The van der Waals surface area contributed by atoms with Crippen molar-refractivity contribution in [1.82, 2.24) is 14.9 Å². The van der Waals surface area contributed by atoms with Crippen LogP contribution in [0.2, 0.25) is 0 Å². The van der Waals surface area contributed by atoms with Crippen LogP contribution in [0.1, 0.15) is 19.3 Å². The van der Waals surface area contributed by atoms with E-state index in [1.54, 1.807) is 10.9 Å². The van der Waals surface area contributed by atoms with E-state index in [2.05, 4.69) is 10.3 Å². The maximum atomic E-state index is 12.3. The number of rotatable bonds is 3. The van der Waals surface area contributed by atoms with Crippen molar-refractivity contribution in [2.24, 2.45) is 5.92 Å². The first kappa shape index (κ1) is 12.4. The molecule has 1 N–H and O–H groups in total. The molecule has 1 aliphatic heterocycles. The predicted octanol–water partition coefficient (Wildman–Crippen LogP) is 1.79. The van der Waals surface area contributed by atoms with Gasteiger partial charge in [0.05, 0.1) is 17.2 Å². The van der Waals surface area contributed by atoms with E-state index in [-0.39, 0.29) is 5.56 Å². The number of benzene rings is 1. The van der Waals surface area contributed by atoms with E-state index in [9.17, 15) is 4.79 Å². The van der Waals surface area contributed by atoms with Gasteiger partial charge in [0.25, 0.3) is 5.56 Å². The zero-order valence-corrected chi connectivity index (χ0v) is 11.0. The van der Waals surface area contributed by atoms with E-state index in [0.29, 0.717) is 11.3 Å². The van der Waals surface area contributed by atoms with Crippen molar-refractivity contribution >= 4 is 10.9 Å². The summed E-state index contributed by atoms with van der Waals surface area (Å²) < 4.78 is 1.75. The Morgan fingerprint density at radius 2 is 2.26 bits per heavy atom. The molecule has 1 atom stereocenters. The molecule has 100 valence electrons. The third kappa shape index (κ3) is 2.68. The fraction of sp³-hybridized carbons (Fsp3) is 0.467. The van der Waals surface area contributed by atoms with Gasteiger partial charge in [-0.25, -0.2) is 4.98 Å². The van der Waals surface area contributed by atoms with E-state index < -0.39 is 0 Å². The summed E-state index contributed by atoms with van der Waals surface area (Å²) in [4.78, 5) is 16.7. The fourth-order valence-corrected chi connectivity index (χ4v) is 2.76. The predicted molar refractivity (Wildman–Crippen MR) is 76.2 cm³/mol. The Bertz CT molecular complexity index is 614.